The van der Waals surface area contributed by atoms with Crippen molar-refractivity contribution in [2.24, 2.45) is 11.7 Å². The second kappa shape index (κ2) is 4.91. The average Bonchev–Trinajstić information content (AvgIpc) is 2.77. The van der Waals surface area contributed by atoms with Crippen molar-refractivity contribution in [1.82, 2.24) is 0 Å². The molecular weight excluding hydrogens is 208 g/mol. The minimum Gasteiger partial charge on any atom is -0.327 e. The number of benzene rings is 1. The molecule has 0 saturated heterocycles. The van der Waals surface area contributed by atoms with E-state index >= 15 is 0 Å². The molecule has 88 valence electrons. The third kappa shape index (κ3) is 2.59. The lowest BCUT2D eigenvalue weighted by Crippen LogP contribution is -2.30. The summed E-state index contributed by atoms with van der Waals surface area (Å²) in [5.74, 6) is -1.03. The van der Waals surface area contributed by atoms with E-state index in [2.05, 4.69) is 0 Å². The summed E-state index contributed by atoms with van der Waals surface area (Å²) in [5, 5.41) is 0. The van der Waals surface area contributed by atoms with Gasteiger partial charge in [-0.15, -0.1) is 0 Å². The molecule has 1 fully saturated rings. The number of nitrogens with two attached hydrogens (primary N) is 1. The predicted molar refractivity (Wildman–Crippen MR) is 60.0 cm³/mol. The Hall–Kier alpha value is -0.960. The van der Waals surface area contributed by atoms with Gasteiger partial charge in [0, 0.05) is 6.04 Å². The molecule has 1 unspecified atom stereocenters. The van der Waals surface area contributed by atoms with Gasteiger partial charge in [0.15, 0.2) is 11.6 Å². The first-order valence-corrected chi connectivity index (χ1v) is 5.86. The Balaban J connectivity index is 1.99. The molecule has 16 heavy (non-hydrogen) atoms. The van der Waals surface area contributed by atoms with Crippen molar-refractivity contribution in [3.05, 3.63) is 35.4 Å². The summed E-state index contributed by atoms with van der Waals surface area (Å²) >= 11 is 0. The molecule has 0 radical (unpaired) electrons. The van der Waals surface area contributed by atoms with Gasteiger partial charge in [-0.25, -0.2) is 8.78 Å². The monoisotopic (exact) mass is 225 g/mol. The maximum absolute atomic E-state index is 13.0. The molecular formula is C13H17F2N. The van der Waals surface area contributed by atoms with Crippen LogP contribution in [0, 0.1) is 17.6 Å². The molecule has 1 aromatic rings. The zero-order chi connectivity index (χ0) is 11.5. The van der Waals surface area contributed by atoms with Crippen molar-refractivity contribution in [1.29, 1.82) is 0 Å². The van der Waals surface area contributed by atoms with Crippen LogP contribution in [0.3, 0.4) is 0 Å². The lowest BCUT2D eigenvalue weighted by molar-refractivity contribution is 0.427. The van der Waals surface area contributed by atoms with Gasteiger partial charge in [-0.05, 0) is 42.9 Å². The van der Waals surface area contributed by atoms with Gasteiger partial charge in [0.25, 0.3) is 0 Å². The molecule has 1 saturated carbocycles. The van der Waals surface area contributed by atoms with Gasteiger partial charge >= 0.3 is 0 Å². The lowest BCUT2D eigenvalue weighted by Gasteiger charge is -2.18. The van der Waals surface area contributed by atoms with E-state index in [1.54, 1.807) is 6.07 Å². The number of rotatable bonds is 3. The summed E-state index contributed by atoms with van der Waals surface area (Å²) in [5.41, 5.74) is 6.87. The maximum atomic E-state index is 13.0. The van der Waals surface area contributed by atoms with Gasteiger partial charge in [-0.2, -0.15) is 0 Å². The summed E-state index contributed by atoms with van der Waals surface area (Å²) in [7, 11) is 0. The summed E-state index contributed by atoms with van der Waals surface area (Å²) in [4.78, 5) is 0. The van der Waals surface area contributed by atoms with Gasteiger partial charge in [0.05, 0.1) is 0 Å². The Kier molecular flexibility index (Phi) is 3.54. The standard InChI is InChI=1S/C13H17F2N/c14-11-6-5-9(7-12(11)15)8-13(16)10-3-1-2-4-10/h5-7,10,13H,1-4,8,16H2. The van der Waals surface area contributed by atoms with Gasteiger partial charge in [0.1, 0.15) is 0 Å². The van der Waals surface area contributed by atoms with Crippen LogP contribution < -0.4 is 5.73 Å². The van der Waals surface area contributed by atoms with Crippen molar-refractivity contribution in [2.75, 3.05) is 0 Å². The normalized spacial score (nSPS) is 18.9. The molecule has 2 N–H and O–H groups in total. The zero-order valence-corrected chi connectivity index (χ0v) is 9.26. The van der Waals surface area contributed by atoms with Crippen molar-refractivity contribution in [3.63, 3.8) is 0 Å². The highest BCUT2D eigenvalue weighted by Gasteiger charge is 2.22. The molecule has 0 bridgehead atoms. The fourth-order valence-corrected chi connectivity index (χ4v) is 2.49. The lowest BCUT2D eigenvalue weighted by atomic mass is 9.93. The van der Waals surface area contributed by atoms with Crippen LogP contribution in [-0.4, -0.2) is 6.04 Å². The highest BCUT2D eigenvalue weighted by atomic mass is 19.2. The van der Waals surface area contributed by atoms with Crippen LogP contribution in [0.4, 0.5) is 8.78 Å². The maximum Gasteiger partial charge on any atom is 0.159 e. The van der Waals surface area contributed by atoms with E-state index in [1.165, 1.54) is 37.8 Å². The molecule has 2 rings (SSSR count). The smallest absolute Gasteiger partial charge is 0.159 e. The Labute approximate surface area is 94.7 Å². The molecule has 1 aliphatic rings. The van der Waals surface area contributed by atoms with Crippen LogP contribution in [0.5, 0.6) is 0 Å². The van der Waals surface area contributed by atoms with E-state index in [-0.39, 0.29) is 6.04 Å². The SMILES string of the molecule is NC(Cc1ccc(F)c(F)c1)C1CCCC1. The molecule has 3 heteroatoms. The first-order chi connectivity index (χ1) is 7.66. The second-order valence-corrected chi connectivity index (χ2v) is 4.66. The Bertz CT molecular complexity index is 359. The molecule has 0 spiro atoms. The van der Waals surface area contributed by atoms with Crippen molar-refractivity contribution >= 4 is 0 Å². The molecule has 0 aliphatic heterocycles. The summed E-state index contributed by atoms with van der Waals surface area (Å²) < 4.78 is 25.7. The van der Waals surface area contributed by atoms with Crippen molar-refractivity contribution < 1.29 is 8.78 Å². The summed E-state index contributed by atoms with van der Waals surface area (Å²) in [6.45, 7) is 0. The van der Waals surface area contributed by atoms with Crippen LogP contribution in [0.15, 0.2) is 18.2 Å². The summed E-state index contributed by atoms with van der Waals surface area (Å²) in [6, 6.07) is 4.12. The molecule has 1 atom stereocenters. The third-order valence-corrected chi connectivity index (χ3v) is 3.46. The molecule has 1 nitrogen and oxygen atoms in total. The van der Waals surface area contributed by atoms with E-state index in [4.69, 9.17) is 5.73 Å². The Morgan fingerprint density at radius 2 is 1.88 bits per heavy atom. The van der Waals surface area contributed by atoms with Crippen molar-refractivity contribution in [3.8, 4) is 0 Å². The highest BCUT2D eigenvalue weighted by Crippen LogP contribution is 2.28. The molecule has 0 amide bonds. The van der Waals surface area contributed by atoms with Gasteiger partial charge in [0.2, 0.25) is 0 Å². The molecule has 1 aliphatic carbocycles. The van der Waals surface area contributed by atoms with Gasteiger partial charge in [-0.3, -0.25) is 0 Å². The quantitative estimate of drug-likeness (QED) is 0.840. The van der Waals surface area contributed by atoms with Crippen LogP contribution in [0.1, 0.15) is 31.2 Å². The van der Waals surface area contributed by atoms with Crippen molar-refractivity contribution in [2.45, 2.75) is 38.1 Å². The number of hydrogen-bond acceptors (Lipinski definition) is 1. The van der Waals surface area contributed by atoms with E-state index in [9.17, 15) is 8.78 Å². The minimum absolute atomic E-state index is 0.0763. The zero-order valence-electron chi connectivity index (χ0n) is 9.26. The second-order valence-electron chi connectivity index (χ2n) is 4.66. The van der Waals surface area contributed by atoms with E-state index in [1.807, 2.05) is 0 Å². The topological polar surface area (TPSA) is 26.0 Å². The average molecular weight is 225 g/mol. The van der Waals surface area contributed by atoms with E-state index < -0.39 is 11.6 Å². The van der Waals surface area contributed by atoms with Crippen LogP contribution in [0.2, 0.25) is 0 Å². The molecule has 1 aromatic carbocycles. The van der Waals surface area contributed by atoms with E-state index in [0.717, 1.165) is 5.56 Å². The Morgan fingerprint density at radius 1 is 1.19 bits per heavy atom. The summed E-state index contributed by atoms with van der Waals surface area (Å²) in [6.07, 6.45) is 5.48. The fraction of sp³-hybridized carbons (Fsp3) is 0.538. The minimum atomic E-state index is -0.793. The van der Waals surface area contributed by atoms with E-state index in [0.29, 0.717) is 12.3 Å². The first kappa shape index (κ1) is 11.5. The molecule has 0 heterocycles. The molecule has 0 aromatic heterocycles. The largest absolute Gasteiger partial charge is 0.327 e. The van der Waals surface area contributed by atoms with Crippen LogP contribution >= 0.6 is 0 Å². The predicted octanol–water partition coefficient (Wildman–Crippen LogP) is 3.02. The third-order valence-electron chi connectivity index (χ3n) is 3.46. The highest BCUT2D eigenvalue weighted by molar-refractivity contribution is 5.19. The fourth-order valence-electron chi connectivity index (χ4n) is 2.49. The van der Waals surface area contributed by atoms with Gasteiger partial charge < -0.3 is 5.73 Å². The Morgan fingerprint density at radius 3 is 2.50 bits per heavy atom. The number of hydrogen-bond donors (Lipinski definition) is 1. The van der Waals surface area contributed by atoms with Crippen LogP contribution in [-0.2, 0) is 6.42 Å². The van der Waals surface area contributed by atoms with Gasteiger partial charge in [-0.1, -0.05) is 18.9 Å². The first-order valence-electron chi connectivity index (χ1n) is 5.86. The van der Waals surface area contributed by atoms with Crippen LogP contribution in [0.25, 0.3) is 0 Å². The number of halogens is 2.